The van der Waals surface area contributed by atoms with Crippen molar-refractivity contribution in [1.29, 1.82) is 0 Å². The van der Waals surface area contributed by atoms with Gasteiger partial charge in [0.25, 0.3) is 0 Å². The van der Waals surface area contributed by atoms with E-state index in [0.29, 0.717) is 5.92 Å². The van der Waals surface area contributed by atoms with Crippen LogP contribution in [-0.4, -0.2) is 26.3 Å². The third-order valence-corrected chi connectivity index (χ3v) is 5.06. The van der Waals surface area contributed by atoms with Crippen LogP contribution in [0.2, 0.25) is 0 Å². The summed E-state index contributed by atoms with van der Waals surface area (Å²) in [5.41, 5.74) is 2.53. The summed E-state index contributed by atoms with van der Waals surface area (Å²) in [5.74, 6) is 1.46. The smallest absolute Gasteiger partial charge is 0.213 e. The van der Waals surface area contributed by atoms with Crippen molar-refractivity contribution in [3.8, 4) is 17.0 Å². The van der Waals surface area contributed by atoms with Crippen LogP contribution < -0.4 is 4.74 Å². The second-order valence-electron chi connectivity index (χ2n) is 5.85. The number of nitrogens with zero attached hydrogens (tertiary/aromatic N) is 3. The summed E-state index contributed by atoms with van der Waals surface area (Å²) in [6, 6.07) is 7.86. The Kier molecular flexibility index (Phi) is 3.79. The fraction of sp³-hybridized carbons (Fsp3) is 0.412. The molecule has 23 heavy (non-hydrogen) atoms. The molecule has 1 N–H and O–H groups in total. The van der Waals surface area contributed by atoms with Crippen LogP contribution in [0, 0.1) is 0 Å². The number of aliphatic hydroxyl groups excluding tert-OH is 1. The quantitative estimate of drug-likeness (QED) is 0.750. The van der Waals surface area contributed by atoms with E-state index in [-0.39, 0.29) is 6.61 Å². The lowest BCUT2D eigenvalue weighted by Crippen LogP contribution is -1.97. The fourth-order valence-electron chi connectivity index (χ4n) is 2.60. The largest absolute Gasteiger partial charge is 0.494 e. The maximum absolute atomic E-state index is 9.78. The zero-order valence-corrected chi connectivity index (χ0v) is 13.8. The summed E-state index contributed by atoms with van der Waals surface area (Å²) in [5, 5.41) is 15.6. The second-order valence-corrected chi connectivity index (χ2v) is 6.83. The van der Waals surface area contributed by atoms with E-state index < -0.39 is 0 Å². The first-order chi connectivity index (χ1) is 11.3. The molecular weight excluding hydrogens is 310 g/mol. The van der Waals surface area contributed by atoms with E-state index in [2.05, 4.69) is 12.0 Å². The molecule has 5 nitrogen and oxygen atoms in total. The fourth-order valence-corrected chi connectivity index (χ4v) is 3.69. The monoisotopic (exact) mass is 329 g/mol. The number of imidazole rings is 1. The zero-order chi connectivity index (χ0) is 15.8. The first-order valence-corrected chi connectivity index (χ1v) is 8.84. The molecule has 1 fully saturated rings. The SMILES string of the molecule is CCCOc1ccc(-c2nc3sc(C4CC4)nn3c2CO)cc1. The van der Waals surface area contributed by atoms with Gasteiger partial charge in [0.05, 0.1) is 24.6 Å². The van der Waals surface area contributed by atoms with Gasteiger partial charge in [-0.2, -0.15) is 5.10 Å². The number of hydrogen-bond acceptors (Lipinski definition) is 5. The van der Waals surface area contributed by atoms with E-state index in [1.165, 1.54) is 12.8 Å². The van der Waals surface area contributed by atoms with E-state index in [9.17, 15) is 5.11 Å². The predicted molar refractivity (Wildman–Crippen MR) is 90.0 cm³/mol. The molecule has 0 unspecified atom stereocenters. The Hall–Kier alpha value is -1.92. The van der Waals surface area contributed by atoms with Crippen LogP contribution >= 0.6 is 11.3 Å². The molecule has 0 atom stereocenters. The first kappa shape index (κ1) is 14.7. The highest BCUT2D eigenvalue weighted by Crippen LogP contribution is 2.42. The minimum atomic E-state index is -0.0710. The molecule has 0 bridgehead atoms. The van der Waals surface area contributed by atoms with Crippen LogP contribution in [0.1, 0.15) is 42.8 Å². The maximum Gasteiger partial charge on any atom is 0.213 e. The standard InChI is InChI=1S/C17H19N3O2S/c1-2-9-22-13-7-5-11(6-8-13)15-14(10-21)20-17(18-15)23-16(19-20)12-3-4-12/h5-8,12,21H,2-4,9-10H2,1H3. The van der Waals surface area contributed by atoms with Gasteiger partial charge < -0.3 is 9.84 Å². The number of hydrogen-bond donors (Lipinski definition) is 1. The van der Waals surface area contributed by atoms with Crippen LogP contribution in [0.3, 0.4) is 0 Å². The van der Waals surface area contributed by atoms with Crippen molar-refractivity contribution < 1.29 is 9.84 Å². The molecule has 0 amide bonds. The predicted octanol–water partition coefficient (Wildman–Crippen LogP) is 3.62. The maximum atomic E-state index is 9.78. The lowest BCUT2D eigenvalue weighted by Gasteiger charge is -2.05. The first-order valence-electron chi connectivity index (χ1n) is 8.02. The molecule has 0 aliphatic heterocycles. The molecule has 0 spiro atoms. The third kappa shape index (κ3) is 2.72. The molecule has 120 valence electrons. The number of benzene rings is 1. The van der Waals surface area contributed by atoms with Crippen LogP contribution in [0.25, 0.3) is 16.2 Å². The molecule has 1 saturated carbocycles. The summed E-state index contributed by atoms with van der Waals surface area (Å²) in [7, 11) is 0. The van der Waals surface area contributed by atoms with Gasteiger partial charge in [0.2, 0.25) is 4.96 Å². The minimum Gasteiger partial charge on any atom is -0.494 e. The van der Waals surface area contributed by atoms with Crippen molar-refractivity contribution in [2.24, 2.45) is 0 Å². The van der Waals surface area contributed by atoms with Gasteiger partial charge in [-0.25, -0.2) is 9.50 Å². The Labute approximate surface area is 138 Å². The molecule has 3 aromatic rings. The molecule has 1 aromatic carbocycles. The van der Waals surface area contributed by atoms with Crippen molar-refractivity contribution in [2.75, 3.05) is 6.61 Å². The summed E-state index contributed by atoms with van der Waals surface area (Å²) in [6.45, 7) is 2.73. The van der Waals surface area contributed by atoms with Crippen molar-refractivity contribution in [1.82, 2.24) is 14.6 Å². The van der Waals surface area contributed by atoms with Crippen molar-refractivity contribution in [2.45, 2.75) is 38.7 Å². The van der Waals surface area contributed by atoms with E-state index >= 15 is 0 Å². The van der Waals surface area contributed by atoms with Gasteiger partial charge >= 0.3 is 0 Å². The topological polar surface area (TPSA) is 59.7 Å². The Morgan fingerprint density at radius 1 is 1.30 bits per heavy atom. The van der Waals surface area contributed by atoms with Crippen LogP contribution in [0.4, 0.5) is 0 Å². The molecule has 6 heteroatoms. The highest BCUT2D eigenvalue weighted by molar-refractivity contribution is 7.16. The van der Waals surface area contributed by atoms with Crippen molar-refractivity contribution >= 4 is 16.3 Å². The Bertz CT molecular complexity index is 818. The van der Waals surface area contributed by atoms with E-state index in [4.69, 9.17) is 9.72 Å². The molecule has 0 radical (unpaired) electrons. The Morgan fingerprint density at radius 3 is 2.74 bits per heavy atom. The molecule has 2 heterocycles. The van der Waals surface area contributed by atoms with Gasteiger partial charge in [-0.05, 0) is 43.5 Å². The Morgan fingerprint density at radius 2 is 2.09 bits per heavy atom. The lowest BCUT2D eigenvalue weighted by atomic mass is 10.1. The van der Waals surface area contributed by atoms with E-state index in [1.54, 1.807) is 15.9 Å². The highest BCUT2D eigenvalue weighted by atomic mass is 32.1. The molecule has 2 aromatic heterocycles. The summed E-state index contributed by atoms with van der Waals surface area (Å²) in [6.07, 6.45) is 3.43. The Balaban J connectivity index is 1.68. The second kappa shape index (κ2) is 5.94. The van der Waals surface area contributed by atoms with Gasteiger partial charge in [-0.1, -0.05) is 18.3 Å². The number of ether oxygens (including phenoxy) is 1. The van der Waals surface area contributed by atoms with Crippen molar-refractivity contribution in [3.05, 3.63) is 35.0 Å². The van der Waals surface area contributed by atoms with Crippen LogP contribution in [0.5, 0.6) is 5.75 Å². The molecule has 0 saturated heterocycles. The van der Waals surface area contributed by atoms with Gasteiger partial charge in [0.15, 0.2) is 0 Å². The van der Waals surface area contributed by atoms with E-state index in [0.717, 1.165) is 45.7 Å². The third-order valence-electron chi connectivity index (χ3n) is 3.99. The molecule has 4 rings (SSSR count). The zero-order valence-electron chi connectivity index (χ0n) is 13.0. The van der Waals surface area contributed by atoms with Gasteiger partial charge in [-0.15, -0.1) is 0 Å². The number of rotatable bonds is 6. The average Bonchev–Trinajstić information content (AvgIpc) is 3.26. The van der Waals surface area contributed by atoms with Gasteiger partial charge in [0, 0.05) is 11.5 Å². The van der Waals surface area contributed by atoms with Crippen LogP contribution in [0.15, 0.2) is 24.3 Å². The highest BCUT2D eigenvalue weighted by Gasteiger charge is 2.29. The van der Waals surface area contributed by atoms with Crippen molar-refractivity contribution in [3.63, 3.8) is 0 Å². The molecule has 1 aliphatic rings. The van der Waals surface area contributed by atoms with E-state index in [1.807, 2.05) is 24.3 Å². The lowest BCUT2D eigenvalue weighted by molar-refractivity contribution is 0.275. The summed E-state index contributed by atoms with van der Waals surface area (Å²) >= 11 is 1.63. The summed E-state index contributed by atoms with van der Waals surface area (Å²) in [4.78, 5) is 5.55. The molecule has 1 aliphatic carbocycles. The molecular formula is C17H19N3O2S. The van der Waals surface area contributed by atoms with Crippen LogP contribution in [-0.2, 0) is 6.61 Å². The number of fused-ring (bicyclic) bond motifs is 1. The number of aromatic nitrogens is 3. The summed E-state index contributed by atoms with van der Waals surface area (Å²) < 4.78 is 7.41. The van der Waals surface area contributed by atoms with Gasteiger partial charge in [-0.3, -0.25) is 0 Å². The normalized spacial score (nSPS) is 14.5. The average molecular weight is 329 g/mol. The minimum absolute atomic E-state index is 0.0710. The van der Waals surface area contributed by atoms with Gasteiger partial charge in [0.1, 0.15) is 10.8 Å². The number of aliphatic hydroxyl groups is 1.